The van der Waals surface area contributed by atoms with Gasteiger partial charge >= 0.3 is 5.97 Å². The predicted molar refractivity (Wildman–Crippen MR) is 113 cm³/mol. The van der Waals surface area contributed by atoms with Crippen LogP contribution in [0.5, 0.6) is 5.75 Å². The highest BCUT2D eigenvalue weighted by molar-refractivity contribution is 5.90. The zero-order chi connectivity index (χ0) is 20.1. The van der Waals surface area contributed by atoms with Crippen molar-refractivity contribution in [2.24, 2.45) is 5.92 Å². The number of carbonyl (C=O) groups is 1. The number of ether oxygens (including phenoxy) is 1. The van der Waals surface area contributed by atoms with E-state index in [2.05, 4.69) is 37.2 Å². The predicted octanol–water partition coefficient (Wildman–Crippen LogP) is 4.62. The van der Waals surface area contributed by atoms with Crippen LogP contribution in [0.4, 0.5) is 0 Å². The smallest absolute Gasteiger partial charge is 0.337 e. The van der Waals surface area contributed by atoms with Crippen molar-refractivity contribution < 1.29 is 14.6 Å². The van der Waals surface area contributed by atoms with Crippen LogP contribution in [0.1, 0.15) is 34.3 Å². The van der Waals surface area contributed by atoms with E-state index in [-0.39, 0.29) is 11.7 Å². The number of phenolic OH excluding ortho intramolecular Hbond substituents is 1. The normalized spacial score (nSPS) is 18.2. The summed E-state index contributed by atoms with van der Waals surface area (Å²) in [5, 5.41) is 9.92. The Morgan fingerprint density at radius 2 is 2.00 bits per heavy atom. The van der Waals surface area contributed by atoms with Gasteiger partial charge in [-0.2, -0.15) is 0 Å². The van der Waals surface area contributed by atoms with Crippen molar-refractivity contribution in [2.75, 3.05) is 27.7 Å². The minimum atomic E-state index is -0.328. The number of hydrogen-bond donors (Lipinski definition) is 1. The zero-order valence-corrected chi connectivity index (χ0v) is 16.7. The molecule has 0 spiro atoms. The van der Waals surface area contributed by atoms with Gasteiger partial charge in [-0.3, -0.25) is 0 Å². The minimum absolute atomic E-state index is 0.281. The maximum atomic E-state index is 11.8. The van der Waals surface area contributed by atoms with Gasteiger partial charge in [0.15, 0.2) is 0 Å². The molecule has 2 aromatic carbocycles. The summed E-state index contributed by atoms with van der Waals surface area (Å²) < 4.78 is 4.82. The van der Waals surface area contributed by atoms with Gasteiger partial charge in [0.25, 0.3) is 0 Å². The Hall–Kier alpha value is -2.85. The molecule has 4 nitrogen and oxygen atoms in total. The molecule has 146 valence electrons. The number of allylic oxidation sites excluding steroid dienone is 2. The molecule has 2 aromatic rings. The van der Waals surface area contributed by atoms with Gasteiger partial charge in [0.2, 0.25) is 0 Å². The molecule has 0 fully saturated rings. The molecule has 0 saturated heterocycles. The first kappa shape index (κ1) is 19.9. The van der Waals surface area contributed by atoms with E-state index in [0.29, 0.717) is 11.5 Å². The summed E-state index contributed by atoms with van der Waals surface area (Å²) in [6, 6.07) is 14.9. The highest BCUT2D eigenvalue weighted by Gasteiger charge is 2.22. The van der Waals surface area contributed by atoms with E-state index < -0.39 is 0 Å². The Labute approximate surface area is 166 Å². The van der Waals surface area contributed by atoms with Crippen LogP contribution >= 0.6 is 0 Å². The number of rotatable bonds is 5. The van der Waals surface area contributed by atoms with Gasteiger partial charge < -0.3 is 14.7 Å². The first-order valence-corrected chi connectivity index (χ1v) is 9.51. The number of carbonyl (C=O) groups excluding carboxylic acids is 1. The van der Waals surface area contributed by atoms with Crippen LogP contribution in [0, 0.1) is 5.92 Å². The number of nitrogens with zero attached hydrogens (tertiary/aromatic N) is 1. The molecular formula is C24H27NO3. The molecule has 0 unspecified atom stereocenters. The summed E-state index contributed by atoms with van der Waals surface area (Å²) in [6.45, 7) is 0.965. The number of methoxy groups -OCH3 is 1. The Balaban J connectivity index is 1.97. The second-order valence-electron chi connectivity index (χ2n) is 7.48. The lowest BCUT2D eigenvalue weighted by Gasteiger charge is -2.28. The number of benzene rings is 2. The van der Waals surface area contributed by atoms with Gasteiger partial charge in [-0.1, -0.05) is 36.4 Å². The van der Waals surface area contributed by atoms with E-state index in [9.17, 15) is 9.90 Å². The van der Waals surface area contributed by atoms with Crippen molar-refractivity contribution in [3.8, 4) is 5.75 Å². The first-order valence-electron chi connectivity index (χ1n) is 9.51. The average molecular weight is 377 g/mol. The molecule has 28 heavy (non-hydrogen) atoms. The maximum absolute atomic E-state index is 11.8. The molecule has 3 rings (SSSR count). The summed E-state index contributed by atoms with van der Waals surface area (Å²) >= 11 is 0. The van der Waals surface area contributed by atoms with Crippen molar-refractivity contribution in [1.29, 1.82) is 0 Å². The largest absolute Gasteiger partial charge is 0.508 e. The molecule has 0 saturated carbocycles. The van der Waals surface area contributed by atoms with Gasteiger partial charge in [0.05, 0.1) is 12.7 Å². The molecule has 1 aliphatic rings. The second-order valence-corrected chi connectivity index (χ2v) is 7.48. The third kappa shape index (κ3) is 4.90. The SMILES string of the molecule is COC(=O)c1cccc(/C=C2/C=C(c3cccc(O)c3)[C@@H](CN(C)C)CC2)c1. The lowest BCUT2D eigenvalue weighted by molar-refractivity contribution is 0.0600. The minimum Gasteiger partial charge on any atom is -0.508 e. The third-order valence-electron chi connectivity index (χ3n) is 4.99. The van der Waals surface area contributed by atoms with Gasteiger partial charge in [-0.05, 0) is 79.4 Å². The number of esters is 1. The first-order chi connectivity index (χ1) is 13.5. The van der Waals surface area contributed by atoms with Crippen LogP contribution in [-0.2, 0) is 4.74 Å². The fourth-order valence-corrected chi connectivity index (χ4v) is 3.72. The van der Waals surface area contributed by atoms with Crippen LogP contribution < -0.4 is 0 Å². The van der Waals surface area contributed by atoms with Crippen molar-refractivity contribution >= 4 is 17.6 Å². The van der Waals surface area contributed by atoms with Crippen LogP contribution in [-0.4, -0.2) is 43.7 Å². The Kier molecular flexibility index (Phi) is 6.32. The molecule has 0 heterocycles. The van der Waals surface area contributed by atoms with E-state index >= 15 is 0 Å². The van der Waals surface area contributed by atoms with E-state index in [1.54, 1.807) is 12.1 Å². The molecule has 1 atom stereocenters. The van der Waals surface area contributed by atoms with Gasteiger partial charge in [0.1, 0.15) is 5.75 Å². The fraction of sp³-hybridized carbons (Fsp3) is 0.292. The van der Waals surface area contributed by atoms with Crippen LogP contribution in [0.2, 0.25) is 0 Å². The van der Waals surface area contributed by atoms with Gasteiger partial charge in [-0.15, -0.1) is 0 Å². The van der Waals surface area contributed by atoms with Gasteiger partial charge in [0, 0.05) is 6.54 Å². The van der Waals surface area contributed by atoms with Crippen LogP contribution in [0.25, 0.3) is 11.6 Å². The van der Waals surface area contributed by atoms with Crippen molar-refractivity contribution in [3.05, 3.63) is 76.9 Å². The van der Waals surface area contributed by atoms with E-state index in [0.717, 1.165) is 30.5 Å². The molecule has 0 radical (unpaired) electrons. The molecule has 0 aliphatic heterocycles. The highest BCUT2D eigenvalue weighted by atomic mass is 16.5. The monoisotopic (exact) mass is 377 g/mol. The molecule has 0 aromatic heterocycles. The highest BCUT2D eigenvalue weighted by Crippen LogP contribution is 2.36. The Bertz CT molecular complexity index is 912. The fourth-order valence-electron chi connectivity index (χ4n) is 3.72. The van der Waals surface area contributed by atoms with E-state index in [4.69, 9.17) is 4.74 Å². The lowest BCUT2D eigenvalue weighted by Crippen LogP contribution is -2.24. The van der Waals surface area contributed by atoms with Gasteiger partial charge in [-0.25, -0.2) is 4.79 Å². The number of phenols is 1. The molecule has 4 heteroatoms. The lowest BCUT2D eigenvalue weighted by atomic mass is 9.81. The molecular weight excluding hydrogens is 350 g/mol. The standard InChI is InChI=1S/C24H27NO3/c1-25(2)16-21-11-10-18(14-23(21)19-7-5-9-22(26)15-19)12-17-6-4-8-20(13-17)24(27)28-3/h4-9,12-15,21,26H,10-11,16H2,1-3H3/b18-12+/t21-/m1/s1. The van der Waals surface area contributed by atoms with E-state index in [1.807, 2.05) is 30.3 Å². The quantitative estimate of drug-likeness (QED) is 0.773. The maximum Gasteiger partial charge on any atom is 0.337 e. The van der Waals surface area contributed by atoms with Crippen molar-refractivity contribution in [2.45, 2.75) is 12.8 Å². The number of hydrogen-bond acceptors (Lipinski definition) is 4. The molecule has 1 N–H and O–H groups in total. The average Bonchev–Trinajstić information content (AvgIpc) is 2.68. The topological polar surface area (TPSA) is 49.8 Å². The zero-order valence-electron chi connectivity index (χ0n) is 16.7. The van der Waals surface area contributed by atoms with Crippen molar-refractivity contribution in [3.63, 3.8) is 0 Å². The molecule has 1 aliphatic carbocycles. The summed E-state index contributed by atoms with van der Waals surface area (Å²) in [5.74, 6) is 0.366. The Morgan fingerprint density at radius 3 is 2.71 bits per heavy atom. The third-order valence-corrected chi connectivity index (χ3v) is 4.99. The molecule has 0 amide bonds. The number of aromatic hydroxyl groups is 1. The summed E-state index contributed by atoms with van der Waals surface area (Å²) in [6.07, 6.45) is 6.38. The van der Waals surface area contributed by atoms with Crippen LogP contribution in [0.15, 0.2) is 60.2 Å². The second kappa shape index (κ2) is 8.89. The van der Waals surface area contributed by atoms with Crippen molar-refractivity contribution in [1.82, 2.24) is 4.90 Å². The van der Waals surface area contributed by atoms with E-state index in [1.165, 1.54) is 18.3 Å². The molecule has 0 bridgehead atoms. The summed E-state index contributed by atoms with van der Waals surface area (Å²) in [4.78, 5) is 14.0. The Morgan fingerprint density at radius 1 is 1.21 bits per heavy atom. The van der Waals surface area contributed by atoms with Crippen LogP contribution in [0.3, 0.4) is 0 Å². The summed E-state index contributed by atoms with van der Waals surface area (Å²) in [5.41, 5.74) is 5.05. The summed E-state index contributed by atoms with van der Waals surface area (Å²) in [7, 11) is 5.57.